The Bertz CT molecular complexity index is 1580. The zero-order chi connectivity index (χ0) is 30.3. The summed E-state index contributed by atoms with van der Waals surface area (Å²) in [5.74, 6) is 2.55. The van der Waals surface area contributed by atoms with Crippen molar-refractivity contribution in [1.29, 1.82) is 0 Å². The number of rotatable bonds is 5. The Morgan fingerprint density at radius 1 is 0.783 bits per heavy atom. The molecule has 1 radical (unpaired) electrons. The zero-order valence-corrected chi connectivity index (χ0v) is 29.2. The fourth-order valence-electron chi connectivity index (χ4n) is 7.76. The molecule has 247 valence electrons. The number of carbonyl (C=O) groups excluding carboxylic acids is 1. The molecule has 0 bridgehead atoms. The molecular weight excluding hydrogens is 743 g/mol. The average Bonchev–Trinajstić information content (AvgIpc) is 3.09. The first-order chi connectivity index (χ1) is 21.6. The van der Waals surface area contributed by atoms with E-state index in [4.69, 9.17) is 4.98 Å². The largest absolute Gasteiger partial charge is 0.512 e. The van der Waals surface area contributed by atoms with E-state index >= 15 is 0 Å². The molecule has 3 aromatic carbocycles. The molecule has 0 atom stereocenters. The van der Waals surface area contributed by atoms with Crippen LogP contribution in [-0.4, -0.2) is 15.9 Å². The van der Waals surface area contributed by atoms with Crippen molar-refractivity contribution in [2.75, 3.05) is 0 Å². The van der Waals surface area contributed by atoms with Crippen LogP contribution in [0.1, 0.15) is 116 Å². The Kier molecular flexibility index (Phi) is 13.6. The van der Waals surface area contributed by atoms with E-state index in [9.17, 15) is 9.90 Å². The van der Waals surface area contributed by atoms with Crippen LogP contribution in [-0.2, 0) is 24.9 Å². The van der Waals surface area contributed by atoms with Gasteiger partial charge in [-0.3, -0.25) is 4.79 Å². The molecule has 0 aliphatic heterocycles. The van der Waals surface area contributed by atoms with E-state index in [1.807, 2.05) is 12.3 Å². The third kappa shape index (κ3) is 8.75. The van der Waals surface area contributed by atoms with E-state index in [1.54, 1.807) is 6.08 Å². The Hall–Kier alpha value is -2.81. The number of hydrogen-bond donors (Lipinski definition) is 1. The standard InChI is InChI=1S/C26H24N.C15H24O2.CH4.Ir/c1-18-9-11-19(12-10-18)22-14-13-21-15-16-27-26(25(21)17-22)24-8-4-6-20-5-2-3-7-23(20)24;16-14(12-7-3-1-4-8-12)11-15(17)13-9-5-2-6-10-13;;/h2-7,13-19H,9-12H2,1H3;11-13,16H,1-10H2;1H4;/q-1;;;. The summed E-state index contributed by atoms with van der Waals surface area (Å²) >= 11 is 0. The number of aromatic nitrogens is 1. The van der Waals surface area contributed by atoms with Crippen molar-refractivity contribution >= 4 is 27.3 Å². The van der Waals surface area contributed by atoms with Gasteiger partial charge >= 0.3 is 0 Å². The smallest absolute Gasteiger partial charge is 0.162 e. The van der Waals surface area contributed by atoms with Gasteiger partial charge in [-0.05, 0) is 78.5 Å². The van der Waals surface area contributed by atoms with Crippen molar-refractivity contribution in [3.05, 3.63) is 90.3 Å². The van der Waals surface area contributed by atoms with Crippen LogP contribution in [0.15, 0.2) is 78.7 Å². The van der Waals surface area contributed by atoms with Crippen molar-refractivity contribution in [1.82, 2.24) is 4.98 Å². The Balaban J connectivity index is 0.000000221. The third-order valence-corrected chi connectivity index (χ3v) is 10.6. The summed E-state index contributed by atoms with van der Waals surface area (Å²) in [4.78, 5) is 16.8. The normalized spacial score (nSPS) is 21.0. The van der Waals surface area contributed by atoms with Gasteiger partial charge in [0.2, 0.25) is 0 Å². The van der Waals surface area contributed by atoms with Gasteiger partial charge in [-0.25, -0.2) is 0 Å². The van der Waals surface area contributed by atoms with Crippen LogP contribution in [0.2, 0.25) is 0 Å². The number of benzene rings is 3. The maximum absolute atomic E-state index is 12.0. The first-order valence-electron chi connectivity index (χ1n) is 17.3. The van der Waals surface area contributed by atoms with Gasteiger partial charge in [0.15, 0.2) is 5.78 Å². The minimum atomic E-state index is 0. The number of aliphatic hydroxyl groups excluding tert-OH is 1. The Labute approximate surface area is 290 Å². The van der Waals surface area contributed by atoms with E-state index in [1.165, 1.54) is 91.3 Å². The van der Waals surface area contributed by atoms with Crippen molar-refractivity contribution < 1.29 is 30.0 Å². The van der Waals surface area contributed by atoms with Gasteiger partial charge in [0.1, 0.15) is 0 Å². The van der Waals surface area contributed by atoms with E-state index in [-0.39, 0.29) is 45.2 Å². The van der Waals surface area contributed by atoms with Gasteiger partial charge in [0, 0.05) is 44.2 Å². The number of allylic oxidation sites excluding steroid dienone is 2. The molecule has 0 amide bonds. The quantitative estimate of drug-likeness (QED) is 0.124. The number of nitrogens with zero attached hydrogens (tertiary/aromatic N) is 1. The second-order valence-corrected chi connectivity index (χ2v) is 13.7. The molecular formula is C42H52IrNO2-. The summed E-state index contributed by atoms with van der Waals surface area (Å²) in [6, 6.07) is 25.3. The Morgan fingerprint density at radius 2 is 1.43 bits per heavy atom. The molecule has 3 saturated carbocycles. The molecule has 1 N–H and O–H groups in total. The fourth-order valence-corrected chi connectivity index (χ4v) is 7.76. The molecule has 3 aliphatic carbocycles. The van der Waals surface area contributed by atoms with Gasteiger partial charge in [-0.15, -0.1) is 29.1 Å². The molecule has 0 unspecified atom stereocenters. The Morgan fingerprint density at radius 3 is 2.15 bits per heavy atom. The molecule has 4 heteroatoms. The van der Waals surface area contributed by atoms with Gasteiger partial charge in [-0.1, -0.05) is 114 Å². The first-order valence-corrected chi connectivity index (χ1v) is 17.3. The molecule has 3 nitrogen and oxygen atoms in total. The molecule has 46 heavy (non-hydrogen) atoms. The van der Waals surface area contributed by atoms with Crippen molar-refractivity contribution in [2.24, 2.45) is 17.8 Å². The third-order valence-electron chi connectivity index (χ3n) is 10.6. The number of ketones is 1. The van der Waals surface area contributed by atoms with E-state index in [2.05, 4.69) is 67.6 Å². The molecule has 0 spiro atoms. The van der Waals surface area contributed by atoms with E-state index in [0.29, 0.717) is 11.7 Å². The number of carbonyl (C=O) groups is 1. The molecule has 1 heterocycles. The molecule has 0 saturated heterocycles. The fraction of sp³-hybridized carbons (Fsp3) is 0.476. The van der Waals surface area contributed by atoms with Crippen LogP contribution in [0.25, 0.3) is 32.8 Å². The van der Waals surface area contributed by atoms with Crippen molar-refractivity contribution in [2.45, 2.75) is 110 Å². The topological polar surface area (TPSA) is 50.2 Å². The second kappa shape index (κ2) is 17.4. The second-order valence-electron chi connectivity index (χ2n) is 13.7. The number of aliphatic hydroxyl groups is 1. The van der Waals surface area contributed by atoms with Gasteiger partial charge in [-0.2, -0.15) is 0 Å². The van der Waals surface area contributed by atoms with Crippen LogP contribution >= 0.6 is 0 Å². The van der Waals surface area contributed by atoms with E-state index in [0.717, 1.165) is 42.9 Å². The monoisotopic (exact) mass is 795 g/mol. The maximum atomic E-state index is 12.0. The number of fused-ring (bicyclic) bond motifs is 2. The SMILES string of the molecule is C.CC1CCC(c2ccc3ccnc(-c4[c-]ccc5ccccc45)c3c2)CC1.O=C(C=C(O)C1CCCCC1)C1CCCCC1.[Ir]. The summed E-state index contributed by atoms with van der Waals surface area (Å²) in [5, 5.41) is 15.0. The summed E-state index contributed by atoms with van der Waals surface area (Å²) < 4.78 is 0. The minimum Gasteiger partial charge on any atom is -0.512 e. The number of hydrogen-bond acceptors (Lipinski definition) is 3. The predicted octanol–water partition coefficient (Wildman–Crippen LogP) is 11.9. The maximum Gasteiger partial charge on any atom is 0.162 e. The van der Waals surface area contributed by atoms with Gasteiger partial charge in [0.05, 0.1) is 5.76 Å². The van der Waals surface area contributed by atoms with Crippen LogP contribution in [0.5, 0.6) is 0 Å². The summed E-state index contributed by atoms with van der Waals surface area (Å²) in [6.07, 6.45) is 20.2. The molecule has 1 aromatic heterocycles. The van der Waals surface area contributed by atoms with Gasteiger partial charge < -0.3 is 10.1 Å². The minimum absolute atomic E-state index is 0. The summed E-state index contributed by atoms with van der Waals surface area (Å²) in [5.41, 5.74) is 3.63. The zero-order valence-electron chi connectivity index (χ0n) is 26.8. The average molecular weight is 795 g/mol. The molecule has 3 fully saturated rings. The summed E-state index contributed by atoms with van der Waals surface area (Å²) in [7, 11) is 0. The van der Waals surface area contributed by atoms with Crippen LogP contribution < -0.4 is 0 Å². The predicted molar refractivity (Wildman–Crippen MR) is 189 cm³/mol. The summed E-state index contributed by atoms with van der Waals surface area (Å²) in [6.45, 7) is 2.38. The van der Waals surface area contributed by atoms with Crippen LogP contribution in [0.3, 0.4) is 0 Å². The molecule has 3 aliphatic rings. The molecule has 7 rings (SSSR count). The van der Waals surface area contributed by atoms with E-state index < -0.39 is 0 Å². The van der Waals surface area contributed by atoms with Crippen LogP contribution in [0, 0.1) is 23.8 Å². The first kappa shape index (κ1) is 36.0. The molecule has 4 aromatic rings. The van der Waals surface area contributed by atoms with Crippen molar-refractivity contribution in [3.63, 3.8) is 0 Å². The van der Waals surface area contributed by atoms with Gasteiger partial charge in [0.25, 0.3) is 0 Å². The number of pyridine rings is 1. The van der Waals surface area contributed by atoms with Crippen LogP contribution in [0.4, 0.5) is 0 Å². The van der Waals surface area contributed by atoms with Crippen molar-refractivity contribution in [3.8, 4) is 11.3 Å².